The summed E-state index contributed by atoms with van der Waals surface area (Å²) >= 11 is 1.05. The molecule has 2 aromatic rings. The summed E-state index contributed by atoms with van der Waals surface area (Å²) in [7, 11) is 0. The first-order chi connectivity index (χ1) is 11.6. The van der Waals surface area contributed by atoms with Gasteiger partial charge in [-0.15, -0.1) is 0 Å². The van der Waals surface area contributed by atoms with Crippen LogP contribution in [0.1, 0.15) is 0 Å². The fourth-order valence-corrected chi connectivity index (χ4v) is 2.78. The predicted molar refractivity (Wildman–Crippen MR) is 85.6 cm³/mol. The minimum absolute atomic E-state index is 0.0303. The maximum atomic E-state index is 12.1. The topological polar surface area (TPSA) is 91.6 Å². The fraction of sp³-hybridized carbons (Fsp3) is 0.188. The van der Waals surface area contributed by atoms with Gasteiger partial charge >= 0.3 is 0 Å². The van der Waals surface area contributed by atoms with Gasteiger partial charge in [0.1, 0.15) is 6.61 Å². The molecule has 0 bridgehead atoms. The molecule has 3 rings (SSSR count). The summed E-state index contributed by atoms with van der Waals surface area (Å²) in [4.78, 5) is 23.9. The first-order valence-electron chi connectivity index (χ1n) is 7.16. The average molecular weight is 346 g/mol. The van der Waals surface area contributed by atoms with Gasteiger partial charge < -0.3 is 14.7 Å². The molecule has 0 aliphatic carbocycles. The van der Waals surface area contributed by atoms with Crippen LogP contribution in [0.5, 0.6) is 11.5 Å². The molecule has 0 radical (unpaired) electrons. The lowest BCUT2D eigenvalue weighted by Gasteiger charge is -2.25. The maximum Gasteiger partial charge on any atom is 0.271 e. The summed E-state index contributed by atoms with van der Waals surface area (Å²) in [5, 5.41) is 14.1. The maximum absolute atomic E-state index is 12.1. The van der Waals surface area contributed by atoms with Crippen molar-refractivity contribution in [1.82, 2.24) is 5.32 Å². The average Bonchev–Trinajstić information content (AvgIpc) is 2.60. The number of nitrogens with zero attached hydrogens (tertiary/aromatic N) is 1. The van der Waals surface area contributed by atoms with Crippen molar-refractivity contribution >= 4 is 23.6 Å². The highest BCUT2D eigenvalue weighted by Gasteiger charge is 2.28. The standard InChI is InChI=1S/C16H14N2O5S/c19-14(10-24-15-7-3-4-8-18(15)21)17-16(20)13-9-22-11-5-1-2-6-12(11)23-13/h1-8,13H,9-10H2,(H,17,19,20). The summed E-state index contributed by atoms with van der Waals surface area (Å²) in [5.41, 5.74) is 0. The Morgan fingerprint density at radius 3 is 2.75 bits per heavy atom. The Kier molecular flexibility index (Phi) is 4.85. The summed E-state index contributed by atoms with van der Waals surface area (Å²) in [6.07, 6.45) is 0.450. The Morgan fingerprint density at radius 1 is 1.21 bits per heavy atom. The van der Waals surface area contributed by atoms with Crippen LogP contribution < -0.4 is 19.5 Å². The molecule has 1 aromatic carbocycles. The van der Waals surface area contributed by atoms with Gasteiger partial charge in [-0.1, -0.05) is 12.1 Å². The van der Waals surface area contributed by atoms with Gasteiger partial charge in [-0.25, -0.2) is 0 Å². The Bertz CT molecular complexity index is 768. The summed E-state index contributed by atoms with van der Waals surface area (Å²) in [5.74, 6) is -0.105. The van der Waals surface area contributed by atoms with Crippen LogP contribution in [0.15, 0.2) is 53.7 Å². The Labute approximate surface area is 142 Å². The first-order valence-corrected chi connectivity index (χ1v) is 8.15. The third-order valence-electron chi connectivity index (χ3n) is 3.20. The normalized spacial score (nSPS) is 15.6. The third-order valence-corrected chi connectivity index (χ3v) is 4.22. The van der Waals surface area contributed by atoms with Crippen LogP contribution in [0.25, 0.3) is 0 Å². The number of hydrogen-bond donors (Lipinski definition) is 1. The highest BCUT2D eigenvalue weighted by atomic mass is 32.2. The molecule has 124 valence electrons. The highest BCUT2D eigenvalue weighted by molar-refractivity contribution is 7.99. The number of carbonyl (C=O) groups excluding carboxylic acids is 2. The van der Waals surface area contributed by atoms with E-state index in [0.29, 0.717) is 21.3 Å². The van der Waals surface area contributed by atoms with Crippen LogP contribution in [0.4, 0.5) is 0 Å². The molecule has 1 N–H and O–H groups in total. The minimum Gasteiger partial charge on any atom is -0.618 e. The van der Waals surface area contributed by atoms with Crippen molar-refractivity contribution in [2.45, 2.75) is 11.1 Å². The second kappa shape index (κ2) is 7.22. The van der Waals surface area contributed by atoms with Crippen molar-refractivity contribution in [3.8, 4) is 11.5 Å². The molecule has 8 heteroatoms. The molecule has 0 saturated heterocycles. The zero-order chi connectivity index (χ0) is 16.9. The van der Waals surface area contributed by atoms with E-state index in [1.807, 2.05) is 0 Å². The molecule has 7 nitrogen and oxygen atoms in total. The van der Waals surface area contributed by atoms with E-state index in [0.717, 1.165) is 11.8 Å². The number of nitrogens with one attached hydrogen (secondary N) is 1. The van der Waals surface area contributed by atoms with Crippen molar-refractivity contribution in [3.05, 3.63) is 53.9 Å². The number of carbonyl (C=O) groups is 2. The molecular formula is C16H14N2O5S. The van der Waals surface area contributed by atoms with Crippen LogP contribution >= 0.6 is 11.8 Å². The summed E-state index contributed by atoms with van der Waals surface area (Å²) in [6, 6.07) is 11.9. The van der Waals surface area contributed by atoms with Gasteiger partial charge in [-0.3, -0.25) is 14.9 Å². The summed E-state index contributed by atoms with van der Waals surface area (Å²) < 4.78 is 11.6. The number of benzene rings is 1. The Morgan fingerprint density at radius 2 is 1.96 bits per heavy atom. The van der Waals surface area contributed by atoms with E-state index in [-0.39, 0.29) is 12.4 Å². The van der Waals surface area contributed by atoms with E-state index >= 15 is 0 Å². The molecule has 2 heterocycles. The van der Waals surface area contributed by atoms with E-state index in [4.69, 9.17) is 9.47 Å². The number of rotatable bonds is 4. The molecule has 0 spiro atoms. The van der Waals surface area contributed by atoms with Gasteiger partial charge in [0.05, 0.1) is 5.75 Å². The summed E-state index contributed by atoms with van der Waals surface area (Å²) in [6.45, 7) is 0.0303. The lowest BCUT2D eigenvalue weighted by Crippen LogP contribution is -2.46. The van der Waals surface area contributed by atoms with Crippen molar-refractivity contribution in [1.29, 1.82) is 0 Å². The Hall–Kier alpha value is -2.74. The van der Waals surface area contributed by atoms with E-state index in [1.165, 1.54) is 6.20 Å². The lowest BCUT2D eigenvalue weighted by atomic mass is 10.2. The highest BCUT2D eigenvalue weighted by Crippen LogP contribution is 2.30. The Balaban J connectivity index is 1.52. The van der Waals surface area contributed by atoms with Crippen molar-refractivity contribution in [2.24, 2.45) is 0 Å². The predicted octanol–water partition coefficient (Wildman–Crippen LogP) is 0.895. The van der Waals surface area contributed by atoms with Crippen LogP contribution in [-0.2, 0) is 9.59 Å². The van der Waals surface area contributed by atoms with E-state index in [2.05, 4.69) is 5.32 Å². The smallest absolute Gasteiger partial charge is 0.271 e. The van der Waals surface area contributed by atoms with Crippen LogP contribution in [0, 0.1) is 5.21 Å². The van der Waals surface area contributed by atoms with Crippen molar-refractivity contribution < 1.29 is 23.8 Å². The number of pyridine rings is 1. The zero-order valence-electron chi connectivity index (χ0n) is 12.5. The molecule has 2 amide bonds. The van der Waals surface area contributed by atoms with E-state index < -0.39 is 17.9 Å². The van der Waals surface area contributed by atoms with Crippen LogP contribution in [0.2, 0.25) is 0 Å². The molecule has 1 aromatic heterocycles. The fourth-order valence-electron chi connectivity index (χ4n) is 2.07. The van der Waals surface area contributed by atoms with Crippen molar-refractivity contribution in [3.63, 3.8) is 0 Å². The van der Waals surface area contributed by atoms with E-state index in [9.17, 15) is 14.8 Å². The number of hydrogen-bond acceptors (Lipinski definition) is 6. The number of amides is 2. The van der Waals surface area contributed by atoms with Gasteiger partial charge in [0.25, 0.3) is 10.9 Å². The van der Waals surface area contributed by atoms with Crippen molar-refractivity contribution in [2.75, 3.05) is 12.4 Å². The first kappa shape index (κ1) is 16.1. The minimum atomic E-state index is -0.894. The van der Waals surface area contributed by atoms with Crippen LogP contribution in [0.3, 0.4) is 0 Å². The number of para-hydroxylation sites is 2. The van der Waals surface area contributed by atoms with Gasteiger partial charge in [0.15, 0.2) is 17.7 Å². The molecular weight excluding hydrogens is 332 g/mol. The second-order valence-corrected chi connectivity index (χ2v) is 5.93. The number of thioether (sulfide) groups is 1. The van der Waals surface area contributed by atoms with Gasteiger partial charge in [-0.2, -0.15) is 4.73 Å². The number of aromatic nitrogens is 1. The largest absolute Gasteiger partial charge is 0.618 e. The van der Waals surface area contributed by atoms with E-state index in [1.54, 1.807) is 42.5 Å². The SMILES string of the molecule is O=C(CSc1cccc[n+]1[O-])NC(=O)C1COc2ccccc2O1. The molecule has 1 aliphatic heterocycles. The van der Waals surface area contributed by atoms with Gasteiger partial charge in [-0.05, 0) is 30.0 Å². The number of ether oxygens (including phenoxy) is 2. The lowest BCUT2D eigenvalue weighted by molar-refractivity contribution is -0.645. The molecule has 24 heavy (non-hydrogen) atoms. The molecule has 0 fully saturated rings. The zero-order valence-corrected chi connectivity index (χ0v) is 13.3. The molecule has 1 atom stereocenters. The number of imide groups is 1. The van der Waals surface area contributed by atoms with Crippen LogP contribution in [-0.4, -0.2) is 30.3 Å². The molecule has 1 unspecified atom stereocenters. The molecule has 1 aliphatic rings. The van der Waals surface area contributed by atoms with Gasteiger partial charge in [0, 0.05) is 12.1 Å². The monoisotopic (exact) mass is 346 g/mol. The second-order valence-electron chi connectivity index (χ2n) is 4.93. The third kappa shape index (κ3) is 3.77. The molecule has 0 saturated carbocycles. The van der Waals surface area contributed by atoms with Gasteiger partial charge in [0.2, 0.25) is 12.0 Å². The quantitative estimate of drug-likeness (QED) is 0.502. The number of fused-ring (bicyclic) bond motifs is 1.